The Hall–Kier alpha value is -4.16. The lowest BCUT2D eigenvalue weighted by atomic mass is 10.2. The second-order valence-corrected chi connectivity index (χ2v) is 12.1. The third kappa shape index (κ3) is 7.48. The lowest BCUT2D eigenvalue weighted by molar-refractivity contribution is 0.0240. The van der Waals surface area contributed by atoms with Crippen molar-refractivity contribution in [3.63, 3.8) is 0 Å². The second kappa shape index (κ2) is 13.2. The van der Waals surface area contributed by atoms with Gasteiger partial charge in [0.2, 0.25) is 5.95 Å². The maximum atomic E-state index is 14.4. The van der Waals surface area contributed by atoms with Crippen molar-refractivity contribution in [2.24, 2.45) is 0 Å². The quantitative estimate of drug-likeness (QED) is 0.332. The first-order valence-corrected chi connectivity index (χ1v) is 14.9. The molecule has 2 N–H and O–H groups in total. The topological polar surface area (TPSA) is 112 Å². The molecule has 2 fully saturated rings. The molecule has 0 radical (unpaired) electrons. The Kier molecular flexibility index (Phi) is 9.40. The summed E-state index contributed by atoms with van der Waals surface area (Å²) in [6.07, 6.45) is 2.51. The fraction of sp³-hybridized carbons (Fsp3) is 0.419. The van der Waals surface area contributed by atoms with Crippen LogP contribution in [0.15, 0.2) is 48.7 Å². The van der Waals surface area contributed by atoms with Gasteiger partial charge in [-0.2, -0.15) is 4.98 Å². The molecule has 3 aromatic rings. The van der Waals surface area contributed by atoms with E-state index in [4.69, 9.17) is 21.1 Å². The third-order valence-electron chi connectivity index (χ3n) is 7.31. The number of hydrogen-bond acceptors (Lipinski definition) is 9. The van der Waals surface area contributed by atoms with E-state index in [0.717, 1.165) is 24.2 Å². The van der Waals surface area contributed by atoms with Crippen LogP contribution >= 0.6 is 11.6 Å². The number of nitrogens with one attached hydrogen (secondary N) is 2. The zero-order valence-corrected chi connectivity index (χ0v) is 26.0. The largest absolute Gasteiger partial charge is 0.444 e. The van der Waals surface area contributed by atoms with Gasteiger partial charge in [0, 0.05) is 57.4 Å². The van der Waals surface area contributed by atoms with Crippen molar-refractivity contribution < 1.29 is 23.5 Å². The summed E-state index contributed by atoms with van der Waals surface area (Å²) < 4.78 is 25.7. The van der Waals surface area contributed by atoms with Gasteiger partial charge in [0.15, 0.2) is 0 Å². The SMILES string of the molecule is CN(c1nc(Nc2ccc(N3CCN(C(=O)OC(C)(C)C)CC3)cc2)ncc1C(=O)Nc1c(F)cccc1Cl)C1CCCO1. The van der Waals surface area contributed by atoms with Gasteiger partial charge in [0.05, 0.1) is 10.7 Å². The summed E-state index contributed by atoms with van der Waals surface area (Å²) in [5.41, 5.74) is 1.29. The van der Waals surface area contributed by atoms with Crippen LogP contribution in [0, 0.1) is 5.82 Å². The molecule has 5 rings (SSSR count). The molecule has 3 heterocycles. The number of para-hydroxylation sites is 1. The van der Waals surface area contributed by atoms with Crippen LogP contribution in [0.4, 0.5) is 38.0 Å². The summed E-state index contributed by atoms with van der Waals surface area (Å²) in [4.78, 5) is 40.5. The molecule has 1 unspecified atom stereocenters. The molecule has 0 saturated carbocycles. The maximum absolute atomic E-state index is 14.4. The summed E-state index contributed by atoms with van der Waals surface area (Å²) in [7, 11) is 1.80. The van der Waals surface area contributed by atoms with E-state index >= 15 is 0 Å². The summed E-state index contributed by atoms with van der Waals surface area (Å²) in [6.45, 7) is 8.73. The van der Waals surface area contributed by atoms with Crippen LogP contribution < -0.4 is 20.4 Å². The number of benzene rings is 2. The molecule has 2 saturated heterocycles. The van der Waals surface area contributed by atoms with Gasteiger partial charge in [-0.15, -0.1) is 0 Å². The van der Waals surface area contributed by atoms with E-state index in [-0.39, 0.29) is 34.5 Å². The molecule has 1 aromatic heterocycles. The molecular weight excluding hydrogens is 589 g/mol. The number of carbonyl (C=O) groups excluding carboxylic acids is 2. The Balaban J connectivity index is 1.29. The molecule has 2 aromatic carbocycles. The summed E-state index contributed by atoms with van der Waals surface area (Å²) in [5.74, 6) is -0.630. The fourth-order valence-corrected chi connectivity index (χ4v) is 5.23. The van der Waals surface area contributed by atoms with Crippen molar-refractivity contribution in [3.05, 3.63) is 65.1 Å². The smallest absolute Gasteiger partial charge is 0.410 e. The minimum Gasteiger partial charge on any atom is -0.444 e. The average molecular weight is 626 g/mol. The fourth-order valence-electron chi connectivity index (χ4n) is 5.02. The van der Waals surface area contributed by atoms with Crippen LogP contribution in [0.1, 0.15) is 44.0 Å². The molecule has 11 nitrogen and oxygen atoms in total. The molecular formula is C31H37ClFN7O4. The number of rotatable bonds is 7. The average Bonchev–Trinajstić information content (AvgIpc) is 3.54. The lowest BCUT2D eigenvalue weighted by Crippen LogP contribution is -2.50. The molecule has 2 aliphatic heterocycles. The highest BCUT2D eigenvalue weighted by Crippen LogP contribution is 2.30. The second-order valence-electron chi connectivity index (χ2n) is 11.7. The molecule has 13 heteroatoms. The van der Waals surface area contributed by atoms with Crippen LogP contribution in [0.25, 0.3) is 0 Å². The Bertz CT molecular complexity index is 1470. The van der Waals surface area contributed by atoms with Crippen LogP contribution in [-0.2, 0) is 9.47 Å². The van der Waals surface area contributed by atoms with E-state index in [9.17, 15) is 14.0 Å². The number of aromatic nitrogens is 2. The van der Waals surface area contributed by atoms with Crippen LogP contribution in [-0.4, -0.2) is 78.5 Å². The minimum atomic E-state index is -0.646. The highest BCUT2D eigenvalue weighted by Gasteiger charge is 2.28. The number of nitrogens with zero attached hydrogens (tertiary/aromatic N) is 5. The number of ether oxygens (including phenoxy) is 2. The van der Waals surface area contributed by atoms with E-state index < -0.39 is 17.3 Å². The Morgan fingerprint density at radius 2 is 1.84 bits per heavy atom. The first-order chi connectivity index (χ1) is 21.0. The first kappa shape index (κ1) is 31.3. The van der Waals surface area contributed by atoms with Crippen molar-refractivity contribution in [2.45, 2.75) is 45.4 Å². The van der Waals surface area contributed by atoms with Gasteiger partial charge in [-0.1, -0.05) is 17.7 Å². The number of anilines is 5. The summed E-state index contributed by atoms with van der Waals surface area (Å²) in [6, 6.07) is 12.0. The van der Waals surface area contributed by atoms with Gasteiger partial charge in [0.25, 0.3) is 5.91 Å². The number of carbonyl (C=O) groups is 2. The molecule has 0 bridgehead atoms. The van der Waals surface area contributed by atoms with Crippen molar-refractivity contribution in [2.75, 3.05) is 60.3 Å². The van der Waals surface area contributed by atoms with Gasteiger partial charge < -0.3 is 34.8 Å². The van der Waals surface area contributed by atoms with Gasteiger partial charge in [-0.25, -0.2) is 14.2 Å². The highest BCUT2D eigenvalue weighted by atomic mass is 35.5. The van der Waals surface area contributed by atoms with Crippen LogP contribution in [0.5, 0.6) is 0 Å². The van der Waals surface area contributed by atoms with Crippen molar-refractivity contribution in [3.8, 4) is 0 Å². The number of piperazine rings is 1. The zero-order chi connectivity index (χ0) is 31.4. The molecule has 1 atom stereocenters. The third-order valence-corrected chi connectivity index (χ3v) is 7.62. The van der Waals surface area contributed by atoms with Crippen molar-refractivity contribution in [1.82, 2.24) is 14.9 Å². The Labute approximate surface area is 261 Å². The van der Waals surface area contributed by atoms with E-state index in [1.165, 1.54) is 24.4 Å². The van der Waals surface area contributed by atoms with Crippen LogP contribution in [0.3, 0.4) is 0 Å². The predicted molar refractivity (Wildman–Crippen MR) is 169 cm³/mol. The number of halogens is 2. The highest BCUT2D eigenvalue weighted by molar-refractivity contribution is 6.34. The summed E-state index contributed by atoms with van der Waals surface area (Å²) >= 11 is 6.13. The normalized spacial score (nSPS) is 16.9. The van der Waals surface area contributed by atoms with E-state index in [1.54, 1.807) is 16.8 Å². The predicted octanol–water partition coefficient (Wildman–Crippen LogP) is 5.89. The molecule has 0 aliphatic carbocycles. The van der Waals surface area contributed by atoms with E-state index in [1.807, 2.05) is 45.0 Å². The van der Waals surface area contributed by atoms with Crippen LogP contribution in [0.2, 0.25) is 5.02 Å². The molecule has 0 spiro atoms. The van der Waals surface area contributed by atoms with Gasteiger partial charge >= 0.3 is 6.09 Å². The number of amides is 2. The van der Waals surface area contributed by atoms with Gasteiger partial charge in [-0.05, 0) is 70.0 Å². The maximum Gasteiger partial charge on any atom is 0.410 e. The van der Waals surface area contributed by atoms with E-state index in [0.29, 0.717) is 38.6 Å². The molecule has 2 amide bonds. The minimum absolute atomic E-state index is 0.0833. The standard InChI is InChI=1S/C31H37ClFN7O4/c1-31(2,3)44-30(42)40-16-14-39(15-17-40)21-12-10-20(11-13-21)35-29-34-19-22(27(37-29)38(4)25-9-6-18-43-25)28(41)36-26-23(32)7-5-8-24(26)33/h5,7-8,10-13,19,25H,6,9,14-18H2,1-4H3,(H,36,41)(H,34,35,37). The van der Waals surface area contributed by atoms with Gasteiger partial charge in [-0.3, -0.25) is 4.79 Å². The number of hydrogen-bond donors (Lipinski definition) is 2. The monoisotopic (exact) mass is 625 g/mol. The zero-order valence-electron chi connectivity index (χ0n) is 25.3. The van der Waals surface area contributed by atoms with Gasteiger partial charge in [0.1, 0.15) is 29.0 Å². The lowest BCUT2D eigenvalue weighted by Gasteiger charge is -2.36. The Morgan fingerprint density at radius 1 is 1.11 bits per heavy atom. The van der Waals surface area contributed by atoms with Crippen molar-refractivity contribution >= 4 is 52.4 Å². The van der Waals surface area contributed by atoms with Crippen molar-refractivity contribution in [1.29, 1.82) is 0 Å². The molecule has 2 aliphatic rings. The molecule has 44 heavy (non-hydrogen) atoms. The molecule has 234 valence electrons. The first-order valence-electron chi connectivity index (χ1n) is 14.6. The summed E-state index contributed by atoms with van der Waals surface area (Å²) in [5, 5.41) is 5.85. The van der Waals surface area contributed by atoms with E-state index in [2.05, 4.69) is 25.5 Å². The Morgan fingerprint density at radius 3 is 2.48 bits per heavy atom.